The molecule has 0 radical (unpaired) electrons. The quantitative estimate of drug-likeness (QED) is 0.913. The molecule has 0 bridgehead atoms. The first kappa shape index (κ1) is 12.1. The van der Waals surface area contributed by atoms with E-state index in [1.54, 1.807) is 18.2 Å². The Bertz CT molecular complexity index is 643. The molecule has 19 heavy (non-hydrogen) atoms. The summed E-state index contributed by atoms with van der Waals surface area (Å²) in [5, 5.41) is 0. The minimum Gasteiger partial charge on any atom is -0.497 e. The van der Waals surface area contributed by atoms with E-state index in [1.807, 2.05) is 0 Å². The fourth-order valence-electron chi connectivity index (χ4n) is 2.41. The monoisotopic (exact) mass is 271 g/mol. The predicted octanol–water partition coefficient (Wildman–Crippen LogP) is 2.68. The molecule has 0 saturated heterocycles. The molecule has 1 aromatic carbocycles. The number of imidazole rings is 1. The number of nitrogens with zero attached hydrogens (tertiary/aromatic N) is 2. The standard InChI is InChI=1S/C12H12F3N3O/c1-19-7-2-3-9-8(6-7)17-10(16)18(9)11(4-5-11)12(13,14)15/h2-3,6H,4-5H2,1H3,(H2,16,17). The molecule has 1 aromatic heterocycles. The molecule has 1 saturated carbocycles. The van der Waals surface area contributed by atoms with Crippen LogP contribution in [0.1, 0.15) is 12.8 Å². The van der Waals surface area contributed by atoms with Gasteiger partial charge in [0, 0.05) is 6.07 Å². The first-order valence-corrected chi connectivity index (χ1v) is 5.78. The molecule has 2 N–H and O–H groups in total. The van der Waals surface area contributed by atoms with Crippen molar-refractivity contribution in [3.8, 4) is 5.75 Å². The second-order valence-electron chi connectivity index (χ2n) is 4.69. The second-order valence-corrected chi connectivity index (χ2v) is 4.69. The molecular formula is C12H12F3N3O. The van der Waals surface area contributed by atoms with E-state index < -0.39 is 11.7 Å². The normalized spacial score (nSPS) is 17.7. The number of methoxy groups -OCH3 is 1. The second kappa shape index (κ2) is 3.55. The minimum absolute atomic E-state index is 0.0399. The molecule has 0 amide bonds. The number of anilines is 1. The van der Waals surface area contributed by atoms with Crippen LogP contribution in [0.3, 0.4) is 0 Å². The molecule has 0 aliphatic heterocycles. The van der Waals surface area contributed by atoms with E-state index in [2.05, 4.69) is 4.98 Å². The molecular weight excluding hydrogens is 259 g/mol. The van der Waals surface area contributed by atoms with Crippen LogP contribution in [0.25, 0.3) is 11.0 Å². The van der Waals surface area contributed by atoms with E-state index in [1.165, 1.54) is 7.11 Å². The lowest BCUT2D eigenvalue weighted by atomic mass is 10.2. The maximum Gasteiger partial charge on any atom is 0.412 e. The Morgan fingerprint density at radius 2 is 2.05 bits per heavy atom. The lowest BCUT2D eigenvalue weighted by Gasteiger charge is -2.22. The molecule has 1 fully saturated rings. The van der Waals surface area contributed by atoms with Gasteiger partial charge in [0.2, 0.25) is 5.95 Å². The smallest absolute Gasteiger partial charge is 0.412 e. The van der Waals surface area contributed by atoms with Crippen LogP contribution in [0.2, 0.25) is 0 Å². The zero-order valence-corrected chi connectivity index (χ0v) is 10.2. The Labute approximate surface area is 107 Å². The summed E-state index contributed by atoms with van der Waals surface area (Å²) in [6, 6.07) is 4.74. The van der Waals surface area contributed by atoms with E-state index in [9.17, 15) is 13.2 Å². The van der Waals surface area contributed by atoms with Crippen molar-refractivity contribution in [3.05, 3.63) is 18.2 Å². The van der Waals surface area contributed by atoms with Gasteiger partial charge >= 0.3 is 6.18 Å². The van der Waals surface area contributed by atoms with E-state index in [0.717, 1.165) is 4.57 Å². The topological polar surface area (TPSA) is 53.1 Å². The van der Waals surface area contributed by atoms with Gasteiger partial charge in [-0.2, -0.15) is 13.2 Å². The maximum absolute atomic E-state index is 13.2. The summed E-state index contributed by atoms with van der Waals surface area (Å²) in [4.78, 5) is 4.00. The summed E-state index contributed by atoms with van der Waals surface area (Å²) in [7, 11) is 1.49. The van der Waals surface area contributed by atoms with Gasteiger partial charge in [0.25, 0.3) is 0 Å². The van der Waals surface area contributed by atoms with Crippen molar-refractivity contribution in [1.29, 1.82) is 0 Å². The summed E-state index contributed by atoms with van der Waals surface area (Å²) in [5.74, 6) is 0.423. The molecule has 0 atom stereocenters. The van der Waals surface area contributed by atoms with Crippen LogP contribution in [0.4, 0.5) is 19.1 Å². The molecule has 2 aromatic rings. The third-order valence-corrected chi connectivity index (χ3v) is 3.57. The number of aromatic nitrogens is 2. The predicted molar refractivity (Wildman–Crippen MR) is 64.0 cm³/mol. The van der Waals surface area contributed by atoms with Crippen LogP contribution in [0, 0.1) is 0 Å². The fourth-order valence-corrected chi connectivity index (χ4v) is 2.41. The number of nitrogens with two attached hydrogens (primary N) is 1. The third kappa shape index (κ3) is 1.57. The Morgan fingerprint density at radius 1 is 1.37 bits per heavy atom. The molecule has 1 aliphatic rings. The van der Waals surface area contributed by atoms with Gasteiger partial charge < -0.3 is 10.5 Å². The van der Waals surface area contributed by atoms with Crippen LogP contribution < -0.4 is 10.5 Å². The van der Waals surface area contributed by atoms with Gasteiger partial charge in [0.15, 0.2) is 0 Å². The zero-order valence-electron chi connectivity index (χ0n) is 10.2. The van der Waals surface area contributed by atoms with Gasteiger partial charge in [-0.3, -0.25) is 4.57 Å². The summed E-state index contributed by atoms with van der Waals surface area (Å²) in [5.41, 5.74) is 4.58. The molecule has 0 spiro atoms. The number of benzene rings is 1. The van der Waals surface area contributed by atoms with Crippen molar-refractivity contribution in [2.75, 3.05) is 12.8 Å². The average molecular weight is 271 g/mol. The van der Waals surface area contributed by atoms with Crippen molar-refractivity contribution in [1.82, 2.24) is 9.55 Å². The fraction of sp³-hybridized carbons (Fsp3) is 0.417. The lowest BCUT2D eigenvalue weighted by Crippen LogP contribution is -2.35. The van der Waals surface area contributed by atoms with Gasteiger partial charge in [0.05, 0.1) is 18.1 Å². The Morgan fingerprint density at radius 3 is 2.58 bits per heavy atom. The van der Waals surface area contributed by atoms with Gasteiger partial charge in [0.1, 0.15) is 11.3 Å². The van der Waals surface area contributed by atoms with Crippen molar-refractivity contribution in [3.63, 3.8) is 0 Å². The summed E-state index contributed by atoms with van der Waals surface area (Å²) in [6.45, 7) is 0. The number of ether oxygens (including phenoxy) is 1. The Balaban J connectivity index is 2.22. The minimum atomic E-state index is -4.32. The largest absolute Gasteiger partial charge is 0.497 e. The van der Waals surface area contributed by atoms with Crippen LogP contribution >= 0.6 is 0 Å². The highest BCUT2D eigenvalue weighted by atomic mass is 19.4. The van der Waals surface area contributed by atoms with Crippen molar-refractivity contribution < 1.29 is 17.9 Å². The van der Waals surface area contributed by atoms with Crippen molar-refractivity contribution >= 4 is 17.0 Å². The molecule has 4 nitrogen and oxygen atoms in total. The lowest BCUT2D eigenvalue weighted by molar-refractivity contribution is -0.178. The van der Waals surface area contributed by atoms with Gasteiger partial charge in [-0.15, -0.1) is 0 Å². The van der Waals surface area contributed by atoms with Gasteiger partial charge in [-0.05, 0) is 25.0 Å². The first-order chi connectivity index (χ1) is 8.89. The van der Waals surface area contributed by atoms with Gasteiger partial charge in [-0.25, -0.2) is 4.98 Å². The Hall–Kier alpha value is -1.92. The van der Waals surface area contributed by atoms with Gasteiger partial charge in [-0.1, -0.05) is 0 Å². The van der Waals surface area contributed by atoms with Crippen molar-refractivity contribution in [2.24, 2.45) is 0 Å². The van der Waals surface area contributed by atoms with E-state index >= 15 is 0 Å². The molecule has 1 heterocycles. The SMILES string of the molecule is COc1ccc2c(c1)nc(N)n2C1(C(F)(F)F)CC1. The molecule has 3 rings (SSSR count). The number of halogens is 3. The highest BCUT2D eigenvalue weighted by molar-refractivity contribution is 5.80. The molecule has 7 heteroatoms. The van der Waals surface area contributed by atoms with Crippen LogP contribution in [0.5, 0.6) is 5.75 Å². The van der Waals surface area contributed by atoms with Crippen LogP contribution in [-0.2, 0) is 5.54 Å². The molecule has 0 unspecified atom stereocenters. The number of nitrogen functional groups attached to an aromatic ring is 1. The van der Waals surface area contributed by atoms with E-state index in [4.69, 9.17) is 10.5 Å². The number of rotatable bonds is 2. The highest BCUT2D eigenvalue weighted by Gasteiger charge is 2.65. The summed E-state index contributed by atoms with van der Waals surface area (Å²) < 4.78 is 45.7. The number of hydrogen-bond acceptors (Lipinski definition) is 3. The third-order valence-electron chi connectivity index (χ3n) is 3.57. The maximum atomic E-state index is 13.2. The van der Waals surface area contributed by atoms with E-state index in [-0.39, 0.29) is 18.8 Å². The van der Waals surface area contributed by atoms with Crippen LogP contribution in [0.15, 0.2) is 18.2 Å². The number of alkyl halides is 3. The molecule has 1 aliphatic carbocycles. The number of fused-ring (bicyclic) bond motifs is 1. The zero-order chi connectivity index (χ0) is 13.8. The van der Waals surface area contributed by atoms with Crippen molar-refractivity contribution in [2.45, 2.75) is 24.6 Å². The summed E-state index contributed by atoms with van der Waals surface area (Å²) in [6.07, 6.45) is -4.24. The highest BCUT2D eigenvalue weighted by Crippen LogP contribution is 2.57. The Kier molecular flexibility index (Phi) is 2.27. The average Bonchev–Trinajstić information content (AvgIpc) is 3.06. The van der Waals surface area contributed by atoms with Crippen LogP contribution in [-0.4, -0.2) is 22.8 Å². The molecule has 102 valence electrons. The summed E-state index contributed by atoms with van der Waals surface area (Å²) >= 11 is 0. The van der Waals surface area contributed by atoms with E-state index in [0.29, 0.717) is 16.8 Å². The number of hydrogen-bond donors (Lipinski definition) is 1. The first-order valence-electron chi connectivity index (χ1n) is 5.78.